The SMILES string of the molecule is c1ccc(-c2ccc(N(c3cc4c(cc3-c3ccccc3)-c3ccccc3C4(c3ccccc3)c3ccccc3)c3cncc4c3oc3c5ccccc5ccc43)cc2)cc1. The Bertz CT molecular complexity index is 3350. The van der Waals surface area contributed by atoms with Gasteiger partial charge in [0.05, 0.1) is 17.3 Å². The van der Waals surface area contributed by atoms with Crippen LogP contribution in [0.4, 0.5) is 17.1 Å². The molecule has 2 heterocycles. The van der Waals surface area contributed by atoms with Gasteiger partial charge in [0.2, 0.25) is 0 Å². The highest BCUT2D eigenvalue weighted by molar-refractivity contribution is 6.17. The first kappa shape index (κ1) is 35.0. The van der Waals surface area contributed by atoms with Crippen LogP contribution in [0.15, 0.2) is 235 Å². The highest BCUT2D eigenvalue weighted by Gasteiger charge is 2.47. The van der Waals surface area contributed by atoms with Crippen molar-refractivity contribution in [3.63, 3.8) is 0 Å². The topological polar surface area (TPSA) is 29.3 Å². The molecule has 0 amide bonds. The number of furan rings is 1. The van der Waals surface area contributed by atoms with Gasteiger partial charge in [0.15, 0.2) is 5.58 Å². The zero-order valence-electron chi connectivity index (χ0n) is 33.2. The molecule has 0 saturated heterocycles. The van der Waals surface area contributed by atoms with Crippen LogP contribution in [0.5, 0.6) is 0 Å². The van der Waals surface area contributed by atoms with Crippen molar-refractivity contribution in [3.05, 3.63) is 253 Å². The molecule has 3 heteroatoms. The van der Waals surface area contributed by atoms with E-state index in [1.807, 2.05) is 12.4 Å². The van der Waals surface area contributed by atoms with E-state index in [4.69, 9.17) is 9.40 Å². The van der Waals surface area contributed by atoms with E-state index in [9.17, 15) is 0 Å². The summed E-state index contributed by atoms with van der Waals surface area (Å²) in [6.07, 6.45) is 3.92. The summed E-state index contributed by atoms with van der Waals surface area (Å²) in [5.74, 6) is 0. The lowest BCUT2D eigenvalue weighted by Gasteiger charge is -2.35. The fourth-order valence-electron chi connectivity index (χ4n) is 9.91. The molecule has 286 valence electrons. The molecule has 0 unspecified atom stereocenters. The minimum atomic E-state index is -0.593. The van der Waals surface area contributed by atoms with Crippen molar-refractivity contribution in [2.45, 2.75) is 5.41 Å². The number of nitrogens with zero attached hydrogens (tertiary/aromatic N) is 2. The van der Waals surface area contributed by atoms with Crippen molar-refractivity contribution in [2.24, 2.45) is 0 Å². The maximum atomic E-state index is 7.10. The summed E-state index contributed by atoms with van der Waals surface area (Å²) in [4.78, 5) is 7.36. The molecule has 1 aliphatic carbocycles. The van der Waals surface area contributed by atoms with Gasteiger partial charge in [0.1, 0.15) is 11.3 Å². The van der Waals surface area contributed by atoms with Crippen LogP contribution in [0.1, 0.15) is 22.3 Å². The first-order valence-corrected chi connectivity index (χ1v) is 20.9. The Morgan fingerprint density at radius 1 is 0.377 bits per heavy atom. The maximum Gasteiger partial charge on any atom is 0.162 e. The largest absolute Gasteiger partial charge is 0.453 e. The summed E-state index contributed by atoms with van der Waals surface area (Å²) in [6.45, 7) is 0. The fourth-order valence-corrected chi connectivity index (χ4v) is 9.91. The van der Waals surface area contributed by atoms with E-state index in [0.717, 1.165) is 66.5 Å². The Balaban J connectivity index is 1.21. The maximum absolute atomic E-state index is 7.10. The lowest BCUT2D eigenvalue weighted by atomic mass is 9.67. The average Bonchev–Trinajstić information content (AvgIpc) is 3.87. The minimum Gasteiger partial charge on any atom is -0.453 e. The zero-order valence-corrected chi connectivity index (χ0v) is 33.2. The van der Waals surface area contributed by atoms with Gasteiger partial charge in [-0.25, -0.2) is 0 Å². The molecule has 0 bridgehead atoms. The van der Waals surface area contributed by atoms with Crippen molar-refractivity contribution >= 4 is 49.8 Å². The normalized spacial score (nSPS) is 12.7. The van der Waals surface area contributed by atoms with E-state index >= 15 is 0 Å². The van der Waals surface area contributed by atoms with E-state index in [2.05, 4.69) is 223 Å². The number of benzene rings is 9. The standard InChI is InChI=1S/C58H38N2O/c1-5-17-39(18-6-1)40-29-32-45(33-30-40)60(55-38-59-37-51-48-34-31-42-21-13-14-26-46(42)56(48)61-57(51)55)54-36-53-50(35-49(54)41-19-7-2-8-20-41)47-27-15-16-28-52(47)58(53,43-22-9-3-10-23-43)44-24-11-4-12-25-44/h1-38H. The first-order valence-electron chi connectivity index (χ1n) is 20.9. The van der Waals surface area contributed by atoms with E-state index in [0.29, 0.717) is 0 Å². The smallest absolute Gasteiger partial charge is 0.162 e. The van der Waals surface area contributed by atoms with Crippen LogP contribution < -0.4 is 4.90 Å². The molecule has 3 nitrogen and oxygen atoms in total. The number of pyridine rings is 1. The monoisotopic (exact) mass is 778 g/mol. The number of rotatable bonds is 7. The highest BCUT2D eigenvalue weighted by Crippen LogP contribution is 2.59. The molecule has 0 N–H and O–H groups in total. The Labute approximate surface area is 354 Å². The lowest BCUT2D eigenvalue weighted by Crippen LogP contribution is -2.28. The van der Waals surface area contributed by atoms with Gasteiger partial charge in [0.25, 0.3) is 0 Å². The fraction of sp³-hybridized carbons (Fsp3) is 0.0172. The second-order valence-corrected chi connectivity index (χ2v) is 15.9. The first-order chi connectivity index (χ1) is 30.3. The summed E-state index contributed by atoms with van der Waals surface area (Å²) in [5.41, 5.74) is 15.9. The van der Waals surface area contributed by atoms with Gasteiger partial charge >= 0.3 is 0 Å². The van der Waals surface area contributed by atoms with Gasteiger partial charge in [-0.3, -0.25) is 4.98 Å². The number of hydrogen-bond donors (Lipinski definition) is 0. The third kappa shape index (κ3) is 5.41. The number of aromatic nitrogens is 1. The van der Waals surface area contributed by atoms with Crippen molar-refractivity contribution in [1.82, 2.24) is 4.98 Å². The zero-order chi connectivity index (χ0) is 40.3. The van der Waals surface area contributed by atoms with Gasteiger partial charge in [-0.1, -0.05) is 188 Å². The van der Waals surface area contributed by atoms with E-state index < -0.39 is 5.41 Å². The van der Waals surface area contributed by atoms with Gasteiger partial charge in [-0.15, -0.1) is 0 Å². The molecule has 0 spiro atoms. The molecule has 11 aromatic rings. The number of fused-ring (bicyclic) bond motifs is 8. The lowest BCUT2D eigenvalue weighted by molar-refractivity contribution is 0.672. The summed E-state index contributed by atoms with van der Waals surface area (Å²) in [7, 11) is 0. The molecule has 0 aliphatic heterocycles. The van der Waals surface area contributed by atoms with Crippen LogP contribution in [0.2, 0.25) is 0 Å². The molecular formula is C58H38N2O. The molecule has 2 aromatic heterocycles. The van der Waals surface area contributed by atoms with Gasteiger partial charge in [-0.2, -0.15) is 0 Å². The Morgan fingerprint density at radius 3 is 1.70 bits per heavy atom. The molecule has 9 aromatic carbocycles. The van der Waals surface area contributed by atoms with E-state index in [1.54, 1.807) is 0 Å². The van der Waals surface area contributed by atoms with E-state index in [-0.39, 0.29) is 0 Å². The highest BCUT2D eigenvalue weighted by atomic mass is 16.3. The van der Waals surface area contributed by atoms with Crippen molar-refractivity contribution in [1.29, 1.82) is 0 Å². The van der Waals surface area contributed by atoms with Crippen molar-refractivity contribution in [3.8, 4) is 33.4 Å². The van der Waals surface area contributed by atoms with Crippen LogP contribution >= 0.6 is 0 Å². The van der Waals surface area contributed by atoms with Crippen molar-refractivity contribution in [2.75, 3.05) is 4.90 Å². The quantitative estimate of drug-likeness (QED) is 0.161. The molecule has 0 atom stereocenters. The average molecular weight is 779 g/mol. The van der Waals surface area contributed by atoms with Crippen molar-refractivity contribution < 1.29 is 4.42 Å². The van der Waals surface area contributed by atoms with Crippen LogP contribution in [0, 0.1) is 0 Å². The molecule has 0 radical (unpaired) electrons. The third-order valence-corrected chi connectivity index (χ3v) is 12.6. The molecular weight excluding hydrogens is 741 g/mol. The third-order valence-electron chi connectivity index (χ3n) is 12.6. The predicted octanol–water partition coefficient (Wildman–Crippen LogP) is 15.3. The van der Waals surface area contributed by atoms with Gasteiger partial charge in [0, 0.05) is 33.6 Å². The summed E-state index contributed by atoms with van der Waals surface area (Å²) in [6, 6.07) is 78.9. The van der Waals surface area contributed by atoms with Crippen LogP contribution in [-0.2, 0) is 5.41 Å². The van der Waals surface area contributed by atoms with Crippen LogP contribution in [-0.4, -0.2) is 4.98 Å². The second kappa shape index (κ2) is 14.1. The van der Waals surface area contributed by atoms with Crippen LogP contribution in [0.25, 0.3) is 66.1 Å². The molecule has 0 saturated carbocycles. The molecule has 61 heavy (non-hydrogen) atoms. The summed E-state index contributed by atoms with van der Waals surface area (Å²) in [5, 5.41) is 4.24. The predicted molar refractivity (Wildman–Crippen MR) is 252 cm³/mol. The second-order valence-electron chi connectivity index (χ2n) is 15.9. The summed E-state index contributed by atoms with van der Waals surface area (Å²) < 4.78 is 7.10. The number of hydrogen-bond acceptors (Lipinski definition) is 3. The van der Waals surface area contributed by atoms with Gasteiger partial charge < -0.3 is 9.32 Å². The van der Waals surface area contributed by atoms with E-state index in [1.165, 1.54) is 38.9 Å². The number of anilines is 3. The minimum absolute atomic E-state index is 0.593. The summed E-state index contributed by atoms with van der Waals surface area (Å²) >= 11 is 0. The van der Waals surface area contributed by atoms with Crippen LogP contribution in [0.3, 0.4) is 0 Å². The molecule has 0 fully saturated rings. The Hall–Kier alpha value is -8.01. The Kier molecular flexibility index (Phi) is 8.07. The Morgan fingerprint density at radius 2 is 0.984 bits per heavy atom. The van der Waals surface area contributed by atoms with Gasteiger partial charge in [-0.05, 0) is 85.8 Å². The molecule has 1 aliphatic rings. The molecule has 12 rings (SSSR count).